The number of carbonyl (C=O) groups excluding carboxylic acids is 1. The van der Waals surface area contributed by atoms with E-state index in [-0.39, 0.29) is 17.5 Å². The van der Waals surface area contributed by atoms with Crippen LogP contribution < -0.4 is 0 Å². The Hall–Kier alpha value is -1.65. The standard InChI is InChI=1S/C27H38O4/c1-16(12-22-13-17(2)26(30)31-22)23-9-10-24-19(6-5-11-27(23,24)4)7-8-20-14-21(28)15-25(29)18(20)3/h7-8,13,16,21-25,28-29H,3,5-6,9-12,14-15H2,1-2,4H3/t16-,21-,22+,23-,24?,25+,27-/m1/s1. The third-order valence-corrected chi connectivity index (χ3v) is 8.61. The maximum Gasteiger partial charge on any atom is 0.334 e. The van der Waals surface area contributed by atoms with Gasteiger partial charge < -0.3 is 14.9 Å². The molecule has 4 nitrogen and oxygen atoms in total. The van der Waals surface area contributed by atoms with Gasteiger partial charge >= 0.3 is 5.97 Å². The van der Waals surface area contributed by atoms with Gasteiger partial charge in [-0.3, -0.25) is 0 Å². The molecule has 0 aromatic rings. The lowest BCUT2D eigenvalue weighted by Crippen LogP contribution is -2.36. The van der Waals surface area contributed by atoms with Gasteiger partial charge in [0, 0.05) is 12.0 Å². The smallest absolute Gasteiger partial charge is 0.334 e. The molecular weight excluding hydrogens is 388 g/mol. The van der Waals surface area contributed by atoms with Crippen LogP contribution in [0.25, 0.3) is 0 Å². The molecule has 0 saturated heterocycles. The van der Waals surface area contributed by atoms with Crippen molar-refractivity contribution in [1.82, 2.24) is 0 Å². The molecule has 31 heavy (non-hydrogen) atoms. The van der Waals surface area contributed by atoms with Crippen molar-refractivity contribution in [3.63, 3.8) is 0 Å². The van der Waals surface area contributed by atoms with Crippen LogP contribution in [0.5, 0.6) is 0 Å². The number of cyclic esters (lactones) is 1. The molecular formula is C27H38O4. The normalized spacial score (nSPS) is 42.0. The van der Waals surface area contributed by atoms with Crippen molar-refractivity contribution in [3.05, 3.63) is 47.1 Å². The average Bonchev–Trinajstić information content (AvgIpc) is 3.22. The number of hydrogen-bond donors (Lipinski definition) is 2. The molecule has 2 N–H and O–H groups in total. The van der Waals surface area contributed by atoms with E-state index in [2.05, 4.69) is 32.6 Å². The van der Waals surface area contributed by atoms with Crippen LogP contribution in [0.4, 0.5) is 0 Å². The van der Waals surface area contributed by atoms with Crippen molar-refractivity contribution in [2.75, 3.05) is 0 Å². The highest BCUT2D eigenvalue weighted by atomic mass is 16.5. The minimum Gasteiger partial charge on any atom is -0.455 e. The first-order chi connectivity index (χ1) is 14.7. The van der Waals surface area contributed by atoms with Gasteiger partial charge in [-0.2, -0.15) is 0 Å². The van der Waals surface area contributed by atoms with Gasteiger partial charge in [-0.1, -0.05) is 38.2 Å². The molecule has 0 aromatic heterocycles. The van der Waals surface area contributed by atoms with Crippen molar-refractivity contribution in [1.29, 1.82) is 0 Å². The molecule has 7 atom stereocenters. The molecule has 1 unspecified atom stereocenters. The molecule has 0 radical (unpaired) electrons. The number of aliphatic hydroxyl groups is 2. The van der Waals surface area contributed by atoms with Crippen LogP contribution in [0.15, 0.2) is 47.1 Å². The first kappa shape index (κ1) is 22.5. The van der Waals surface area contributed by atoms with E-state index >= 15 is 0 Å². The van der Waals surface area contributed by atoms with E-state index < -0.39 is 12.2 Å². The number of aliphatic hydroxyl groups excluding tert-OH is 2. The average molecular weight is 427 g/mol. The predicted molar refractivity (Wildman–Crippen MR) is 122 cm³/mol. The Morgan fingerprint density at radius 1 is 1.32 bits per heavy atom. The maximum absolute atomic E-state index is 11.7. The zero-order valence-electron chi connectivity index (χ0n) is 19.3. The van der Waals surface area contributed by atoms with Crippen LogP contribution in [0.2, 0.25) is 0 Å². The van der Waals surface area contributed by atoms with E-state index in [0.29, 0.717) is 30.6 Å². The minimum absolute atomic E-state index is 0.0661. The Kier molecular flexibility index (Phi) is 6.33. The lowest BCUT2D eigenvalue weighted by atomic mass is 9.60. The molecule has 4 heteroatoms. The summed E-state index contributed by atoms with van der Waals surface area (Å²) in [5.41, 5.74) is 4.28. The van der Waals surface area contributed by atoms with Crippen molar-refractivity contribution < 1.29 is 19.7 Å². The third kappa shape index (κ3) is 4.34. The summed E-state index contributed by atoms with van der Waals surface area (Å²) in [4.78, 5) is 11.7. The van der Waals surface area contributed by atoms with Gasteiger partial charge in [-0.05, 0) is 92.3 Å². The number of ether oxygens (including phenoxy) is 1. The second-order valence-electron chi connectivity index (χ2n) is 10.7. The second kappa shape index (κ2) is 8.71. The molecule has 3 fully saturated rings. The fourth-order valence-electron chi connectivity index (χ4n) is 6.94. The molecule has 0 bridgehead atoms. The Morgan fingerprint density at radius 2 is 2.10 bits per heavy atom. The first-order valence-electron chi connectivity index (χ1n) is 12.0. The Balaban J connectivity index is 1.48. The van der Waals surface area contributed by atoms with Gasteiger partial charge in [0.05, 0.1) is 12.2 Å². The highest BCUT2D eigenvalue weighted by molar-refractivity contribution is 5.90. The van der Waals surface area contributed by atoms with E-state index in [1.54, 1.807) is 0 Å². The van der Waals surface area contributed by atoms with Crippen LogP contribution in [0.1, 0.15) is 72.1 Å². The van der Waals surface area contributed by atoms with Crippen LogP contribution >= 0.6 is 0 Å². The summed E-state index contributed by atoms with van der Waals surface area (Å²) in [6.45, 7) is 10.7. The summed E-state index contributed by atoms with van der Waals surface area (Å²) in [5.74, 6) is 1.56. The van der Waals surface area contributed by atoms with Gasteiger partial charge in [0.2, 0.25) is 0 Å². The molecule has 4 aliphatic rings. The Bertz CT molecular complexity index is 834. The summed E-state index contributed by atoms with van der Waals surface area (Å²) >= 11 is 0. The molecule has 4 rings (SSSR count). The van der Waals surface area contributed by atoms with E-state index in [1.807, 2.05) is 13.0 Å². The third-order valence-electron chi connectivity index (χ3n) is 8.61. The molecule has 1 aliphatic heterocycles. The largest absolute Gasteiger partial charge is 0.455 e. The number of fused-ring (bicyclic) bond motifs is 1. The number of allylic oxidation sites excluding steroid dienone is 3. The van der Waals surface area contributed by atoms with Gasteiger partial charge in [-0.25, -0.2) is 4.79 Å². The molecule has 3 saturated carbocycles. The van der Waals surface area contributed by atoms with Crippen molar-refractivity contribution in [2.24, 2.45) is 23.2 Å². The predicted octanol–water partition coefficient (Wildman–Crippen LogP) is 5.03. The number of rotatable bonds is 4. The summed E-state index contributed by atoms with van der Waals surface area (Å²) in [6, 6.07) is 0. The first-order valence-corrected chi connectivity index (χ1v) is 12.0. The van der Waals surface area contributed by atoms with Crippen molar-refractivity contribution in [3.8, 4) is 0 Å². The SMILES string of the molecule is C=C1C(=CC=C2CCC[C@@]3(C)C2CC[C@@H]3[C@H](C)C[C@H]2C=C(C)C(=O)O2)C[C@@H](O)C[C@@H]1O. The van der Waals surface area contributed by atoms with Gasteiger partial charge in [0.1, 0.15) is 6.10 Å². The van der Waals surface area contributed by atoms with Crippen LogP contribution in [-0.4, -0.2) is 34.5 Å². The van der Waals surface area contributed by atoms with Gasteiger partial charge in [0.15, 0.2) is 0 Å². The highest BCUT2D eigenvalue weighted by Crippen LogP contribution is 2.60. The fourth-order valence-corrected chi connectivity index (χ4v) is 6.94. The van der Waals surface area contributed by atoms with E-state index in [0.717, 1.165) is 29.6 Å². The van der Waals surface area contributed by atoms with Crippen molar-refractivity contribution >= 4 is 5.97 Å². The summed E-state index contributed by atoms with van der Waals surface area (Å²) in [6.07, 6.45) is 13.1. The fraction of sp³-hybridized carbons (Fsp3) is 0.667. The van der Waals surface area contributed by atoms with Gasteiger partial charge in [-0.15, -0.1) is 0 Å². The summed E-state index contributed by atoms with van der Waals surface area (Å²) in [7, 11) is 0. The lowest BCUT2D eigenvalue weighted by Gasteiger charge is -2.44. The molecule has 0 aromatic carbocycles. The summed E-state index contributed by atoms with van der Waals surface area (Å²) < 4.78 is 5.53. The second-order valence-corrected chi connectivity index (χ2v) is 10.7. The molecule has 0 amide bonds. The highest BCUT2D eigenvalue weighted by Gasteiger charge is 2.51. The minimum atomic E-state index is -0.635. The van der Waals surface area contributed by atoms with Crippen LogP contribution in [-0.2, 0) is 9.53 Å². The zero-order valence-corrected chi connectivity index (χ0v) is 19.3. The van der Waals surface area contributed by atoms with E-state index in [4.69, 9.17) is 4.74 Å². The summed E-state index contributed by atoms with van der Waals surface area (Å²) in [5, 5.41) is 20.2. The quantitative estimate of drug-likeness (QED) is 0.619. The Morgan fingerprint density at radius 3 is 2.81 bits per heavy atom. The topological polar surface area (TPSA) is 66.8 Å². The van der Waals surface area contributed by atoms with E-state index in [9.17, 15) is 15.0 Å². The van der Waals surface area contributed by atoms with Gasteiger partial charge in [0.25, 0.3) is 0 Å². The number of hydrogen-bond acceptors (Lipinski definition) is 4. The molecule has 1 heterocycles. The van der Waals surface area contributed by atoms with Crippen LogP contribution in [0.3, 0.4) is 0 Å². The monoisotopic (exact) mass is 426 g/mol. The number of esters is 1. The lowest BCUT2D eigenvalue weighted by molar-refractivity contribution is -0.140. The molecule has 0 spiro atoms. The Labute approximate surface area is 186 Å². The molecule has 3 aliphatic carbocycles. The maximum atomic E-state index is 11.7. The van der Waals surface area contributed by atoms with Crippen molar-refractivity contribution in [2.45, 2.75) is 90.4 Å². The number of carbonyl (C=O) groups is 1. The molecule has 170 valence electrons. The van der Waals surface area contributed by atoms with E-state index in [1.165, 1.54) is 31.3 Å². The zero-order chi connectivity index (χ0) is 22.3. The van der Waals surface area contributed by atoms with Crippen LogP contribution in [0, 0.1) is 23.2 Å².